The second-order valence-electron chi connectivity index (χ2n) is 9.10. The first-order valence-electron chi connectivity index (χ1n) is 9.86. The molecule has 0 saturated carbocycles. The van der Waals surface area contributed by atoms with E-state index in [1.54, 1.807) is 0 Å². The zero-order valence-electron chi connectivity index (χ0n) is 17.1. The van der Waals surface area contributed by atoms with E-state index in [9.17, 15) is 9.90 Å². The van der Waals surface area contributed by atoms with E-state index in [2.05, 4.69) is 43.6 Å². The molecular formula is C21H36N2O3. The molecule has 5 nitrogen and oxygen atoms in total. The normalized spacial score (nSPS) is 23.6. The molecule has 0 bridgehead atoms. The van der Waals surface area contributed by atoms with Crippen LogP contribution >= 0.6 is 0 Å². The van der Waals surface area contributed by atoms with Gasteiger partial charge in [0.05, 0.1) is 12.1 Å². The summed E-state index contributed by atoms with van der Waals surface area (Å²) in [5, 5.41) is 16.5. The first-order valence-corrected chi connectivity index (χ1v) is 9.86. The fourth-order valence-corrected chi connectivity index (χ4v) is 3.35. The van der Waals surface area contributed by atoms with Crippen LogP contribution in [0.5, 0.6) is 0 Å². The molecule has 5 heteroatoms. The Hall–Kier alpha value is -1.33. The molecule has 2 aliphatic carbocycles. The van der Waals surface area contributed by atoms with Crippen molar-refractivity contribution in [3.8, 4) is 0 Å². The fraction of sp³-hybridized carbons (Fsp3) is 0.762. The molecule has 148 valence electrons. The SMILES string of the molecule is CC(C)[C@H](NC(=O)N[C@H](C)C(C)(C)C)C(O)O[C@@H]1CC2=C(CCC=C2)C1. The first-order chi connectivity index (χ1) is 12.1. The molecule has 0 aliphatic heterocycles. The summed E-state index contributed by atoms with van der Waals surface area (Å²) in [6.07, 6.45) is 7.30. The van der Waals surface area contributed by atoms with Crippen LogP contribution in [-0.2, 0) is 4.74 Å². The van der Waals surface area contributed by atoms with E-state index in [0.29, 0.717) is 0 Å². The quantitative estimate of drug-likeness (QED) is 0.626. The number of ether oxygens (including phenoxy) is 1. The van der Waals surface area contributed by atoms with Crippen LogP contribution < -0.4 is 10.6 Å². The van der Waals surface area contributed by atoms with Gasteiger partial charge in [-0.25, -0.2) is 4.79 Å². The first kappa shape index (κ1) is 21.0. The van der Waals surface area contributed by atoms with Gasteiger partial charge in [0, 0.05) is 6.04 Å². The molecule has 3 N–H and O–H groups in total. The molecule has 0 aromatic carbocycles. The van der Waals surface area contributed by atoms with E-state index in [4.69, 9.17) is 4.74 Å². The van der Waals surface area contributed by atoms with E-state index >= 15 is 0 Å². The second kappa shape index (κ2) is 8.57. The average Bonchev–Trinajstić information content (AvgIpc) is 2.93. The summed E-state index contributed by atoms with van der Waals surface area (Å²) < 4.78 is 5.94. The molecule has 26 heavy (non-hydrogen) atoms. The third-order valence-corrected chi connectivity index (χ3v) is 5.61. The maximum Gasteiger partial charge on any atom is 0.315 e. The Bertz CT molecular complexity index is 560. The van der Waals surface area contributed by atoms with Crippen LogP contribution in [0.3, 0.4) is 0 Å². The minimum atomic E-state index is -1.01. The monoisotopic (exact) mass is 364 g/mol. The summed E-state index contributed by atoms with van der Waals surface area (Å²) in [6.45, 7) is 12.2. The second-order valence-corrected chi connectivity index (χ2v) is 9.10. The van der Waals surface area contributed by atoms with Gasteiger partial charge in [0.1, 0.15) is 0 Å². The standard InChI is InChI=1S/C21H36N2O3/c1-13(2)18(23-20(25)22-14(3)21(4,5)6)19(24)26-17-11-15-9-7-8-10-16(15)12-17/h7,9,13-14,17-19,24H,8,10-12H2,1-6H3,(H2,22,23,25)/t14-,17-,18+,19?/m1/s1. The van der Waals surface area contributed by atoms with Gasteiger partial charge in [0.15, 0.2) is 6.29 Å². The molecule has 0 radical (unpaired) electrons. The van der Waals surface area contributed by atoms with Crippen molar-refractivity contribution in [1.82, 2.24) is 10.6 Å². The zero-order chi connectivity index (χ0) is 19.5. The highest BCUT2D eigenvalue weighted by Gasteiger charge is 2.32. The molecule has 2 aliphatic rings. The molecule has 4 atom stereocenters. The Labute approximate surface area is 158 Å². The maximum absolute atomic E-state index is 12.4. The number of hydrogen-bond acceptors (Lipinski definition) is 3. The predicted octanol–water partition coefficient (Wildman–Crippen LogP) is 3.89. The Balaban J connectivity index is 1.88. The summed E-state index contributed by atoms with van der Waals surface area (Å²) >= 11 is 0. The molecule has 0 heterocycles. The fourth-order valence-electron chi connectivity index (χ4n) is 3.35. The smallest absolute Gasteiger partial charge is 0.315 e. The van der Waals surface area contributed by atoms with Crippen molar-refractivity contribution in [3.63, 3.8) is 0 Å². The Morgan fingerprint density at radius 3 is 2.50 bits per heavy atom. The lowest BCUT2D eigenvalue weighted by Crippen LogP contribution is -2.54. The van der Waals surface area contributed by atoms with Crippen molar-refractivity contribution in [2.24, 2.45) is 11.3 Å². The number of carbonyl (C=O) groups excluding carboxylic acids is 1. The number of urea groups is 1. The number of amides is 2. The number of aliphatic hydroxyl groups is 1. The third kappa shape index (κ3) is 5.58. The van der Waals surface area contributed by atoms with E-state index in [-0.39, 0.29) is 29.5 Å². The van der Waals surface area contributed by atoms with Gasteiger partial charge in [0.25, 0.3) is 0 Å². The molecule has 1 unspecified atom stereocenters. The minimum Gasteiger partial charge on any atom is -0.366 e. The van der Waals surface area contributed by atoms with E-state index < -0.39 is 12.3 Å². The molecule has 2 rings (SSSR count). The van der Waals surface area contributed by atoms with E-state index in [0.717, 1.165) is 25.7 Å². The van der Waals surface area contributed by atoms with Gasteiger partial charge in [-0.3, -0.25) is 0 Å². The van der Waals surface area contributed by atoms with Gasteiger partial charge < -0.3 is 20.5 Å². The average molecular weight is 365 g/mol. The van der Waals surface area contributed by atoms with Crippen LogP contribution in [0, 0.1) is 11.3 Å². The van der Waals surface area contributed by atoms with Gasteiger partial charge in [0.2, 0.25) is 0 Å². The van der Waals surface area contributed by atoms with Crippen molar-refractivity contribution in [2.45, 2.75) is 91.7 Å². The third-order valence-electron chi connectivity index (χ3n) is 5.61. The molecule has 0 aromatic rings. The van der Waals surface area contributed by atoms with Crippen LogP contribution in [0.1, 0.15) is 67.2 Å². The van der Waals surface area contributed by atoms with Gasteiger partial charge in [-0.2, -0.15) is 0 Å². The summed E-state index contributed by atoms with van der Waals surface area (Å²) in [5.74, 6) is 0.0598. The predicted molar refractivity (Wildman–Crippen MR) is 105 cm³/mol. The van der Waals surface area contributed by atoms with Crippen molar-refractivity contribution in [1.29, 1.82) is 0 Å². The number of hydrogen-bond donors (Lipinski definition) is 3. The molecule has 0 aromatic heterocycles. The summed E-state index contributed by atoms with van der Waals surface area (Å²) in [4.78, 5) is 12.4. The number of aliphatic hydroxyl groups excluding tert-OH is 1. The summed E-state index contributed by atoms with van der Waals surface area (Å²) in [5.41, 5.74) is 2.79. The van der Waals surface area contributed by atoms with Crippen LogP contribution in [0.25, 0.3) is 0 Å². The van der Waals surface area contributed by atoms with Crippen molar-refractivity contribution in [3.05, 3.63) is 23.3 Å². The lowest BCUT2D eigenvalue weighted by Gasteiger charge is -2.32. The van der Waals surface area contributed by atoms with Crippen molar-refractivity contribution in [2.75, 3.05) is 0 Å². The van der Waals surface area contributed by atoms with E-state index in [1.165, 1.54) is 11.1 Å². The highest BCUT2D eigenvalue weighted by atomic mass is 16.6. The molecule has 0 fully saturated rings. The lowest BCUT2D eigenvalue weighted by atomic mass is 9.88. The molecule has 2 amide bonds. The van der Waals surface area contributed by atoms with Crippen LogP contribution in [0.2, 0.25) is 0 Å². The van der Waals surface area contributed by atoms with E-state index in [1.807, 2.05) is 20.8 Å². The van der Waals surface area contributed by atoms with Gasteiger partial charge >= 0.3 is 6.03 Å². The highest BCUT2D eigenvalue weighted by Crippen LogP contribution is 2.35. The van der Waals surface area contributed by atoms with Crippen LogP contribution in [0.15, 0.2) is 23.3 Å². The van der Waals surface area contributed by atoms with Crippen LogP contribution in [0.4, 0.5) is 4.79 Å². The maximum atomic E-state index is 12.4. The van der Waals surface area contributed by atoms with Gasteiger partial charge in [-0.05, 0) is 49.5 Å². The Morgan fingerprint density at radius 2 is 1.92 bits per heavy atom. The molecule has 0 spiro atoms. The number of allylic oxidation sites excluding steroid dienone is 2. The van der Waals surface area contributed by atoms with Crippen molar-refractivity contribution < 1.29 is 14.6 Å². The highest BCUT2D eigenvalue weighted by molar-refractivity contribution is 5.74. The Kier molecular flexibility index (Phi) is 6.92. The number of nitrogens with one attached hydrogen (secondary N) is 2. The zero-order valence-corrected chi connectivity index (χ0v) is 17.1. The lowest BCUT2D eigenvalue weighted by molar-refractivity contribution is -0.154. The summed E-state index contributed by atoms with van der Waals surface area (Å²) in [7, 11) is 0. The largest absolute Gasteiger partial charge is 0.366 e. The number of carbonyl (C=O) groups is 1. The van der Waals surface area contributed by atoms with Crippen molar-refractivity contribution >= 4 is 6.03 Å². The molecular weight excluding hydrogens is 328 g/mol. The minimum absolute atomic E-state index is 0.00244. The summed E-state index contributed by atoms with van der Waals surface area (Å²) in [6, 6.07) is -0.693. The topological polar surface area (TPSA) is 70.6 Å². The molecule has 0 saturated heterocycles. The van der Waals surface area contributed by atoms with Gasteiger partial charge in [-0.15, -0.1) is 0 Å². The van der Waals surface area contributed by atoms with Gasteiger partial charge in [-0.1, -0.05) is 52.3 Å². The van der Waals surface area contributed by atoms with Crippen LogP contribution in [-0.4, -0.2) is 35.6 Å². The Morgan fingerprint density at radius 1 is 1.23 bits per heavy atom. The number of rotatable bonds is 6.